The third kappa shape index (κ3) is 14.6. The molecule has 45 heteroatoms. The lowest BCUT2D eigenvalue weighted by Gasteiger charge is -2.48. The molecule has 0 spiro atoms. The molecule has 36 nitrogen and oxygen atoms in total. The van der Waals surface area contributed by atoms with Gasteiger partial charge in [-0.25, -0.2) is 25.3 Å². The molecule has 9 heterocycles. The summed E-state index contributed by atoms with van der Waals surface area (Å²) in [7, 11) is -18.3. The first-order chi connectivity index (χ1) is 61.8. The van der Waals surface area contributed by atoms with E-state index in [0.717, 1.165) is 56.3 Å². The lowest BCUT2D eigenvalue weighted by atomic mass is 9.63. The highest BCUT2D eigenvalue weighted by Crippen LogP contribution is 2.75. The van der Waals surface area contributed by atoms with Crippen molar-refractivity contribution in [3.63, 3.8) is 0 Å². The summed E-state index contributed by atoms with van der Waals surface area (Å²) < 4.78 is 261. The number of esters is 12. The summed E-state index contributed by atoms with van der Waals surface area (Å²) in [6.45, 7) is 9.78. The van der Waals surface area contributed by atoms with E-state index in [9.17, 15) is 123 Å². The van der Waals surface area contributed by atoms with Crippen LogP contribution in [-0.4, -0.2) is 235 Å². The number of alkyl halides is 6. The van der Waals surface area contributed by atoms with Crippen molar-refractivity contribution in [2.45, 2.75) is 314 Å². The van der Waals surface area contributed by atoms with Gasteiger partial charge in [0.1, 0.15) is 88.9 Å². The summed E-state index contributed by atoms with van der Waals surface area (Å²) in [6, 6.07) is 0. The number of carbonyl (C=O) groups is 12. The van der Waals surface area contributed by atoms with Crippen LogP contribution in [0.5, 0.6) is 0 Å². The van der Waals surface area contributed by atoms with E-state index in [2.05, 4.69) is 28.1 Å². The van der Waals surface area contributed by atoms with Crippen LogP contribution in [0.4, 0.5) is 26.3 Å². The molecular weight excluding hydrogens is 1830 g/mol. The molecule has 0 aromatic carbocycles. The number of ether oxygens (including phenoxy) is 15. The first-order valence-electron chi connectivity index (χ1n) is 46.2. The van der Waals surface area contributed by atoms with Crippen LogP contribution in [0.1, 0.15) is 190 Å². The largest absolute Gasteiger partial charge is 0.743 e. The predicted molar refractivity (Wildman–Crippen MR) is 414 cm³/mol. The van der Waals surface area contributed by atoms with E-state index in [1.807, 2.05) is 13.8 Å². The zero-order chi connectivity index (χ0) is 94.7. The van der Waals surface area contributed by atoms with E-state index in [0.29, 0.717) is 98.2 Å². The number of carbonyl (C=O) groups excluding carboxylic acids is 12. The smallest absolute Gasteiger partial charge is 0.369 e. The summed E-state index contributed by atoms with van der Waals surface area (Å²) in [4.78, 5) is 154. The zero-order valence-corrected chi connectivity index (χ0v) is 75.3. The highest BCUT2D eigenvalue weighted by atomic mass is 32.2. The number of hydrogen-bond acceptors (Lipinski definition) is 36. The Bertz CT molecular complexity index is 5150. The summed E-state index contributed by atoms with van der Waals surface area (Å²) in [5.74, 6) is -5.81. The third-order valence-electron chi connectivity index (χ3n) is 35.6. The minimum absolute atomic E-state index is 0.0594. The van der Waals surface area contributed by atoms with Gasteiger partial charge in [-0.3, -0.25) is 57.5 Å². The molecule has 0 aromatic heterocycles. The molecule has 0 N–H and O–H groups in total. The van der Waals surface area contributed by atoms with Crippen LogP contribution >= 0.6 is 0 Å². The number of hydrogen-bond donors (Lipinski definition) is 0. The third-order valence-corrected chi connectivity index (χ3v) is 38.6. The van der Waals surface area contributed by atoms with E-state index in [1.165, 1.54) is 57.8 Å². The molecule has 9 aliphatic heterocycles. The molecule has 42 atom stereocenters. The van der Waals surface area contributed by atoms with Gasteiger partial charge < -0.3 is 84.7 Å². The van der Waals surface area contributed by atoms with Crippen molar-refractivity contribution in [2.24, 2.45) is 148 Å². The van der Waals surface area contributed by atoms with E-state index >= 15 is 0 Å². The SMILES string of the molecule is CC(C)C1(OC(=O)C2C3OC4C(OC(=O)C42)C3OC(=O)CCC(=O)OC(C)C(F)(F)S(=O)(=O)[O-])CC2CC1C1C3CCC(C3)C21.CC(OC(=O)CCC(=O)OC1C2OC(=O)C3C2OC1C3C(=O)OC1(C)CC2CC1C1C3CCC(C3)C21)C(F)(F)S(=O)(=O)[O-].CCC1(OC(=O)C2C3OC4C(OC(=O)C42)C3OC(=O)CCC(=O)OC(C)C(F)(F)S(=O)(=O)[O-])CC2CC1C1C3CCC(C3)C21. The Kier molecular flexibility index (Phi) is 23.1. The van der Waals surface area contributed by atoms with Gasteiger partial charge in [0, 0.05) is 17.8 Å². The molecule has 132 heavy (non-hydrogen) atoms. The summed E-state index contributed by atoms with van der Waals surface area (Å²) in [5, 5.41) is -14.6. The maximum atomic E-state index is 14.0. The molecule has 21 fully saturated rings. The Labute approximate surface area is 754 Å². The molecule has 0 aromatic rings. The average molecular weight is 1940 g/mol. The first-order valence-corrected chi connectivity index (χ1v) is 50.5. The van der Waals surface area contributed by atoms with Crippen LogP contribution in [0.25, 0.3) is 0 Å². The molecule has 732 valence electrons. The van der Waals surface area contributed by atoms with E-state index < -0.39 is 300 Å². The second kappa shape index (κ2) is 32.5. The molecule has 21 rings (SSSR count). The average Bonchev–Trinajstić information content (AvgIpc) is 1.54. The van der Waals surface area contributed by atoms with Crippen molar-refractivity contribution >= 4 is 102 Å². The lowest BCUT2D eigenvalue weighted by Crippen LogP contribution is -2.54. The summed E-state index contributed by atoms with van der Waals surface area (Å²) in [6.07, 6.45) is -6.18. The molecule has 9 saturated heterocycles. The van der Waals surface area contributed by atoms with E-state index in [-0.39, 0.29) is 23.7 Å². The van der Waals surface area contributed by atoms with Gasteiger partial charge >= 0.3 is 87.4 Å². The van der Waals surface area contributed by atoms with E-state index in [1.54, 1.807) is 0 Å². The molecule has 0 amide bonds. The molecule has 21 aliphatic rings. The Hall–Kier alpha value is -7.17. The van der Waals surface area contributed by atoms with Gasteiger partial charge in [0.25, 0.3) is 0 Å². The number of halogens is 6. The Morgan fingerprint density at radius 1 is 0.379 bits per heavy atom. The van der Waals surface area contributed by atoms with Crippen LogP contribution in [0.15, 0.2) is 0 Å². The van der Waals surface area contributed by atoms with Gasteiger partial charge in [-0.05, 0) is 225 Å². The topological polar surface area (TPSA) is 515 Å². The summed E-state index contributed by atoms with van der Waals surface area (Å²) in [5.41, 5.74) is -1.91. The van der Waals surface area contributed by atoms with Crippen LogP contribution < -0.4 is 0 Å². The molecule has 0 radical (unpaired) electrons. The molecule has 42 unspecified atom stereocenters. The number of fused-ring (bicyclic) bond motifs is 30. The fourth-order valence-electron chi connectivity index (χ4n) is 30.7. The van der Waals surface area contributed by atoms with Gasteiger partial charge in [-0.1, -0.05) is 20.8 Å². The second-order valence-corrected chi connectivity index (χ2v) is 46.2. The standard InChI is InChI=1S/C30H38F2O12S.C29H36F2O12S.C28H34F2O12S/c1-11(2)29(10-15-9-16(29)20-14-5-4-13(8-14)19(15)20)44-28(36)22-21-23-26(43-27(21)35)25(24(22)42-23)41-18(34)7-6-17(33)40-12(3)30(31,32)45(37,38)39;1-3-28(10-14-9-15(28)19-13-5-4-12(8-13)18(14)19)43-27(35)21-20-22-25(42-26(20)34)24(23(21)41-22)40-17(33)7-6-16(32)39-11(2)29(30,31)44(36,37)38;1-10(28(29,30)43(35,36)37)38-15(31)5-6-16(32)39-23-22-20(19-21(40-22)24(23)41-25(19)33)26(34)42-27(2)9-13-8-14(27)18-12-4-3-11(7-12)17(13)18/h11-16,19-26H,4-10H2,1-3H3,(H,37,38,39);11-15,18-25H,3-10H2,1-2H3,(H,36,37,38);10-14,17-24H,3-9H2,1-2H3,(H,35,36,37)/p-3. The Balaban J connectivity index is 0.000000128. The van der Waals surface area contributed by atoms with Crippen molar-refractivity contribution in [2.75, 3.05) is 0 Å². The lowest BCUT2D eigenvalue weighted by molar-refractivity contribution is -0.191. The van der Waals surface area contributed by atoms with Gasteiger partial charge in [0.05, 0.1) is 38.5 Å². The highest BCUT2D eigenvalue weighted by molar-refractivity contribution is 7.87. The summed E-state index contributed by atoms with van der Waals surface area (Å²) >= 11 is 0. The maximum Gasteiger partial charge on any atom is 0.369 e. The van der Waals surface area contributed by atoms with Crippen molar-refractivity contribution in [3.05, 3.63) is 0 Å². The van der Waals surface area contributed by atoms with Crippen LogP contribution in [0, 0.1) is 148 Å². The monoisotopic (exact) mass is 1940 g/mol. The molecule has 18 bridgehead atoms. The van der Waals surface area contributed by atoms with Crippen LogP contribution in [-0.2, 0) is 159 Å². The van der Waals surface area contributed by atoms with Crippen molar-refractivity contribution in [1.29, 1.82) is 0 Å². The minimum atomic E-state index is -6.09. The predicted octanol–water partition coefficient (Wildman–Crippen LogP) is 6.10. The number of rotatable bonds is 29. The highest BCUT2D eigenvalue weighted by Gasteiger charge is 2.79. The zero-order valence-electron chi connectivity index (χ0n) is 72.8. The van der Waals surface area contributed by atoms with Crippen molar-refractivity contribution in [3.8, 4) is 0 Å². The van der Waals surface area contributed by atoms with Gasteiger partial charge in [-0.15, -0.1) is 0 Å². The fraction of sp³-hybridized carbons (Fsp3) is 0.862. The van der Waals surface area contributed by atoms with E-state index in [4.69, 9.17) is 56.8 Å². The normalized spacial score (nSPS) is 44.9. The van der Waals surface area contributed by atoms with Gasteiger partial charge in [0.2, 0.25) is 0 Å². The van der Waals surface area contributed by atoms with Gasteiger partial charge in [0.15, 0.2) is 85.3 Å². The minimum Gasteiger partial charge on any atom is -0.743 e. The van der Waals surface area contributed by atoms with Crippen LogP contribution in [0.2, 0.25) is 0 Å². The van der Waals surface area contributed by atoms with Crippen molar-refractivity contribution < 1.29 is 194 Å². The second-order valence-electron chi connectivity index (χ2n) is 41.8. The molecule has 12 saturated carbocycles. The van der Waals surface area contributed by atoms with Gasteiger partial charge in [-0.2, -0.15) is 26.3 Å². The maximum absolute atomic E-state index is 14.0. The fourth-order valence-corrected chi connectivity index (χ4v) is 32.0. The van der Waals surface area contributed by atoms with Crippen LogP contribution in [0.3, 0.4) is 0 Å². The quantitative estimate of drug-likeness (QED) is 0.0268. The first kappa shape index (κ1) is 93.8. The Morgan fingerprint density at radius 3 is 1.02 bits per heavy atom. The molecule has 12 aliphatic carbocycles. The van der Waals surface area contributed by atoms with Crippen molar-refractivity contribution in [1.82, 2.24) is 0 Å². The Morgan fingerprint density at radius 2 is 0.674 bits per heavy atom. The molecular formula is C87H105F6O36S3-3.